The van der Waals surface area contributed by atoms with E-state index in [1.807, 2.05) is 0 Å². The maximum atomic E-state index is 12.9. The van der Waals surface area contributed by atoms with Crippen LogP contribution in [-0.4, -0.2) is 34.8 Å². The van der Waals surface area contributed by atoms with Crippen LogP contribution in [-0.2, 0) is 15.3 Å². The molecule has 1 amide bonds. The Morgan fingerprint density at radius 1 is 1.16 bits per heavy atom. The van der Waals surface area contributed by atoms with E-state index in [0.29, 0.717) is 10.6 Å². The van der Waals surface area contributed by atoms with Crippen molar-refractivity contribution in [2.75, 3.05) is 7.11 Å². The summed E-state index contributed by atoms with van der Waals surface area (Å²) in [6, 6.07) is 14.8. The molecule has 0 radical (unpaired) electrons. The number of hydrazone groups is 1. The minimum Gasteiger partial charge on any atom is -0.464 e. The highest BCUT2D eigenvalue weighted by Gasteiger charge is 2.48. The largest absolute Gasteiger partial charge is 0.464 e. The highest BCUT2D eigenvalue weighted by atomic mass is 35.5. The van der Waals surface area contributed by atoms with E-state index >= 15 is 0 Å². The van der Waals surface area contributed by atoms with Crippen LogP contribution < -0.4 is 0 Å². The highest BCUT2D eigenvalue weighted by molar-refractivity contribution is 6.37. The van der Waals surface area contributed by atoms with E-state index in [0.717, 1.165) is 5.01 Å². The third-order valence-corrected chi connectivity index (χ3v) is 4.18. The average Bonchev–Trinajstić information content (AvgIpc) is 3.01. The minimum absolute atomic E-state index is 0.0313. The lowest BCUT2D eigenvalue weighted by atomic mass is 9.97. The number of amides is 1. The van der Waals surface area contributed by atoms with Gasteiger partial charge in [-0.3, -0.25) is 4.79 Å². The van der Waals surface area contributed by atoms with Gasteiger partial charge in [-0.05, 0) is 24.3 Å². The van der Waals surface area contributed by atoms with Crippen LogP contribution in [0.3, 0.4) is 0 Å². The van der Waals surface area contributed by atoms with Gasteiger partial charge in [-0.1, -0.05) is 41.9 Å². The van der Waals surface area contributed by atoms with Crippen LogP contribution in [0.1, 0.15) is 22.3 Å². The first-order chi connectivity index (χ1) is 12.0. The molecular weight excluding hydrogens is 344 g/mol. The molecule has 0 spiro atoms. The first-order valence-corrected chi connectivity index (χ1v) is 7.87. The summed E-state index contributed by atoms with van der Waals surface area (Å²) in [5.74, 6) is -1.25. The number of benzene rings is 2. The van der Waals surface area contributed by atoms with Crippen LogP contribution in [0.15, 0.2) is 59.7 Å². The Bertz CT molecular complexity index is 836. The summed E-state index contributed by atoms with van der Waals surface area (Å²) >= 11 is 5.85. The third kappa shape index (κ3) is 3.14. The summed E-state index contributed by atoms with van der Waals surface area (Å²) < 4.78 is 4.68. The van der Waals surface area contributed by atoms with Gasteiger partial charge in [0.1, 0.15) is 0 Å². The van der Waals surface area contributed by atoms with Gasteiger partial charge in [-0.25, -0.2) is 4.79 Å². The lowest BCUT2D eigenvalue weighted by Gasteiger charge is -2.31. The molecule has 0 saturated heterocycles. The molecule has 0 bridgehead atoms. The number of ether oxygens (including phenoxy) is 1. The smallest absolute Gasteiger partial charge is 0.354 e. The van der Waals surface area contributed by atoms with Crippen molar-refractivity contribution in [1.29, 1.82) is 0 Å². The zero-order valence-corrected chi connectivity index (χ0v) is 14.1. The second-order valence-corrected chi connectivity index (χ2v) is 5.96. The first-order valence-electron chi connectivity index (χ1n) is 7.49. The Kier molecular flexibility index (Phi) is 4.57. The number of carbonyl (C=O) groups is 2. The topological polar surface area (TPSA) is 79.2 Å². The van der Waals surface area contributed by atoms with Crippen LogP contribution in [0.25, 0.3) is 0 Å². The van der Waals surface area contributed by atoms with Gasteiger partial charge in [-0.2, -0.15) is 10.1 Å². The Hall–Kier alpha value is -2.70. The standard InChI is InChI=1S/C18H15ClN2O4/c1-25-17(23)15-11-18(24,13-5-3-2-4-6-13)21(20-15)16(22)12-7-9-14(19)10-8-12/h2-10,24H,11H2,1H3/t18-/m0/s1. The van der Waals surface area contributed by atoms with Crippen molar-refractivity contribution in [2.24, 2.45) is 5.10 Å². The molecule has 0 fully saturated rings. The van der Waals surface area contributed by atoms with E-state index < -0.39 is 17.6 Å². The molecular formula is C18H15ClN2O4. The van der Waals surface area contributed by atoms with Crippen LogP contribution in [0.4, 0.5) is 0 Å². The third-order valence-electron chi connectivity index (χ3n) is 3.93. The maximum absolute atomic E-state index is 12.9. The van der Waals surface area contributed by atoms with Gasteiger partial charge in [0, 0.05) is 16.1 Å². The zero-order valence-electron chi connectivity index (χ0n) is 13.3. The molecule has 1 atom stereocenters. The number of hydrogen-bond donors (Lipinski definition) is 1. The molecule has 1 N–H and O–H groups in total. The van der Waals surface area contributed by atoms with Crippen molar-refractivity contribution in [3.8, 4) is 0 Å². The van der Waals surface area contributed by atoms with Crippen molar-refractivity contribution in [2.45, 2.75) is 12.1 Å². The van der Waals surface area contributed by atoms with Gasteiger partial charge in [0.15, 0.2) is 11.4 Å². The van der Waals surface area contributed by atoms with Gasteiger partial charge >= 0.3 is 5.97 Å². The van der Waals surface area contributed by atoms with Crippen molar-refractivity contribution in [3.05, 3.63) is 70.7 Å². The fraction of sp³-hybridized carbons (Fsp3) is 0.167. The molecule has 6 nitrogen and oxygen atoms in total. The van der Waals surface area contributed by atoms with Gasteiger partial charge in [0.2, 0.25) is 0 Å². The molecule has 0 aromatic heterocycles. The zero-order chi connectivity index (χ0) is 18.0. The van der Waals surface area contributed by atoms with Crippen LogP contribution in [0.5, 0.6) is 0 Å². The number of carbonyl (C=O) groups excluding carboxylic acids is 2. The lowest BCUT2D eigenvalue weighted by Crippen LogP contribution is -2.43. The Morgan fingerprint density at radius 3 is 2.40 bits per heavy atom. The molecule has 2 aromatic rings. The number of hydrogen-bond acceptors (Lipinski definition) is 5. The molecule has 25 heavy (non-hydrogen) atoms. The minimum atomic E-state index is -1.78. The van der Waals surface area contributed by atoms with Gasteiger partial charge in [-0.15, -0.1) is 0 Å². The molecule has 0 saturated carbocycles. The predicted molar refractivity (Wildman–Crippen MR) is 92.0 cm³/mol. The summed E-state index contributed by atoms with van der Waals surface area (Å²) in [6.07, 6.45) is -0.164. The van der Waals surface area contributed by atoms with E-state index in [-0.39, 0.29) is 17.7 Å². The van der Waals surface area contributed by atoms with Crippen molar-refractivity contribution in [3.63, 3.8) is 0 Å². The molecule has 0 unspecified atom stereocenters. The Balaban J connectivity index is 2.04. The van der Waals surface area contributed by atoms with Crippen molar-refractivity contribution in [1.82, 2.24) is 5.01 Å². The lowest BCUT2D eigenvalue weighted by molar-refractivity contribution is -0.133. The fourth-order valence-corrected chi connectivity index (χ4v) is 2.76. The van der Waals surface area contributed by atoms with Crippen molar-refractivity contribution >= 4 is 29.2 Å². The van der Waals surface area contributed by atoms with Crippen molar-refractivity contribution < 1.29 is 19.4 Å². The van der Waals surface area contributed by atoms with E-state index in [9.17, 15) is 14.7 Å². The van der Waals surface area contributed by atoms with Gasteiger partial charge in [0.25, 0.3) is 5.91 Å². The second kappa shape index (κ2) is 6.66. The van der Waals surface area contributed by atoms with E-state index in [1.165, 1.54) is 19.2 Å². The Labute approximate surface area is 149 Å². The van der Waals surface area contributed by atoms with E-state index in [1.54, 1.807) is 42.5 Å². The summed E-state index contributed by atoms with van der Waals surface area (Å²) in [5, 5.41) is 16.6. The number of halogens is 1. The van der Waals surface area contributed by atoms with Crippen LogP contribution in [0, 0.1) is 0 Å². The molecule has 3 rings (SSSR count). The predicted octanol–water partition coefficient (Wildman–Crippen LogP) is 2.56. The van der Waals surface area contributed by atoms with E-state index in [2.05, 4.69) is 9.84 Å². The van der Waals surface area contributed by atoms with Crippen LogP contribution >= 0.6 is 11.6 Å². The fourth-order valence-electron chi connectivity index (χ4n) is 2.64. The molecule has 1 aliphatic heterocycles. The monoisotopic (exact) mass is 358 g/mol. The quantitative estimate of drug-likeness (QED) is 0.855. The first kappa shape index (κ1) is 17.1. The highest BCUT2D eigenvalue weighted by Crippen LogP contribution is 2.36. The number of methoxy groups -OCH3 is 1. The number of aliphatic hydroxyl groups is 1. The number of rotatable bonds is 3. The molecule has 1 aliphatic rings. The number of nitrogens with zero attached hydrogens (tertiary/aromatic N) is 2. The van der Waals surface area contributed by atoms with Gasteiger partial charge < -0.3 is 9.84 Å². The summed E-state index contributed by atoms with van der Waals surface area (Å²) in [5.41, 5.74) is -1.08. The Morgan fingerprint density at radius 2 is 1.80 bits per heavy atom. The molecule has 7 heteroatoms. The number of esters is 1. The van der Waals surface area contributed by atoms with Gasteiger partial charge in [0.05, 0.1) is 13.5 Å². The summed E-state index contributed by atoms with van der Waals surface area (Å²) in [4.78, 5) is 24.7. The second-order valence-electron chi connectivity index (χ2n) is 5.52. The SMILES string of the molecule is COC(=O)C1=NN(C(=O)c2ccc(Cl)cc2)[C@@](O)(c2ccccc2)C1. The van der Waals surface area contributed by atoms with Crippen LogP contribution in [0.2, 0.25) is 5.02 Å². The maximum Gasteiger partial charge on any atom is 0.354 e. The van der Waals surface area contributed by atoms with E-state index in [4.69, 9.17) is 11.6 Å². The average molecular weight is 359 g/mol. The normalized spacial score (nSPS) is 19.5. The summed E-state index contributed by atoms with van der Waals surface area (Å²) in [6.45, 7) is 0. The molecule has 0 aliphatic carbocycles. The molecule has 1 heterocycles. The molecule has 128 valence electrons. The molecule has 2 aromatic carbocycles. The summed E-state index contributed by atoms with van der Waals surface area (Å²) in [7, 11) is 1.22.